The Morgan fingerprint density at radius 2 is 1.75 bits per heavy atom. The first-order valence-electron chi connectivity index (χ1n) is 4.27. The van der Waals surface area contributed by atoms with E-state index in [4.69, 9.17) is 5.11 Å². The van der Waals surface area contributed by atoms with Crippen LogP contribution >= 0.6 is 0 Å². The van der Waals surface area contributed by atoms with Crippen molar-refractivity contribution < 1.29 is 24.2 Å². The molecular weight excluding hydrogens is 214 g/mol. The molecular formula is C10H9NO5. The molecule has 0 aliphatic rings. The number of benzene rings is 1. The van der Waals surface area contributed by atoms with Crippen LogP contribution in [0.5, 0.6) is 0 Å². The van der Waals surface area contributed by atoms with Crippen molar-refractivity contribution in [2.24, 2.45) is 0 Å². The second-order valence-electron chi connectivity index (χ2n) is 2.83. The maximum atomic E-state index is 11.1. The normalized spacial score (nSPS) is 9.31. The zero-order valence-corrected chi connectivity index (χ0v) is 8.39. The van der Waals surface area contributed by atoms with Crippen molar-refractivity contribution in [3.8, 4) is 0 Å². The van der Waals surface area contributed by atoms with Crippen molar-refractivity contribution in [3.05, 3.63) is 29.8 Å². The summed E-state index contributed by atoms with van der Waals surface area (Å²) in [6.45, 7) is 0. The maximum absolute atomic E-state index is 11.1. The Morgan fingerprint density at radius 3 is 2.19 bits per heavy atom. The number of carboxylic acid groups (broad SMARTS) is 1. The first kappa shape index (κ1) is 11.7. The number of carbonyl (C=O) groups excluding carboxylic acids is 2. The number of carbonyl (C=O) groups is 3. The molecule has 0 atom stereocenters. The fourth-order valence-electron chi connectivity index (χ4n) is 0.992. The summed E-state index contributed by atoms with van der Waals surface area (Å²) < 4.78 is 4.48. The first-order valence-corrected chi connectivity index (χ1v) is 4.27. The Morgan fingerprint density at radius 1 is 1.19 bits per heavy atom. The monoisotopic (exact) mass is 223 g/mol. The molecule has 1 aromatic rings. The number of anilines is 1. The van der Waals surface area contributed by atoms with E-state index in [-0.39, 0.29) is 0 Å². The molecule has 0 aromatic heterocycles. The fourth-order valence-corrected chi connectivity index (χ4v) is 0.992. The van der Waals surface area contributed by atoms with Crippen LogP contribution in [0.25, 0.3) is 0 Å². The number of carboxylic acids is 1. The molecule has 0 heterocycles. The third kappa shape index (κ3) is 2.81. The summed E-state index contributed by atoms with van der Waals surface area (Å²) >= 11 is 0. The molecule has 84 valence electrons. The van der Waals surface area contributed by atoms with E-state index in [9.17, 15) is 14.4 Å². The first-order chi connectivity index (χ1) is 7.54. The number of aliphatic carboxylic acids is 1. The highest BCUT2D eigenvalue weighted by molar-refractivity contribution is 6.36. The van der Waals surface area contributed by atoms with Crippen LogP contribution in [0.4, 0.5) is 5.69 Å². The van der Waals surface area contributed by atoms with E-state index in [1.165, 1.54) is 31.4 Å². The van der Waals surface area contributed by atoms with Crippen molar-refractivity contribution in [2.75, 3.05) is 12.4 Å². The van der Waals surface area contributed by atoms with Gasteiger partial charge in [0.15, 0.2) is 0 Å². The van der Waals surface area contributed by atoms with E-state index in [0.717, 1.165) is 0 Å². The molecule has 0 unspecified atom stereocenters. The van der Waals surface area contributed by atoms with Gasteiger partial charge in [0.2, 0.25) is 0 Å². The lowest BCUT2D eigenvalue weighted by Crippen LogP contribution is -2.21. The van der Waals surface area contributed by atoms with Crippen molar-refractivity contribution in [3.63, 3.8) is 0 Å². The number of ether oxygens (including phenoxy) is 1. The van der Waals surface area contributed by atoms with Crippen molar-refractivity contribution >= 4 is 23.5 Å². The lowest BCUT2D eigenvalue weighted by Gasteiger charge is -2.03. The minimum absolute atomic E-state index is 0.292. The molecule has 0 bridgehead atoms. The predicted octanol–water partition coefficient (Wildman–Crippen LogP) is 0.496. The summed E-state index contributed by atoms with van der Waals surface area (Å²) in [5, 5.41) is 10.5. The van der Waals surface area contributed by atoms with Crippen LogP contribution < -0.4 is 5.32 Å². The van der Waals surface area contributed by atoms with Gasteiger partial charge in [0, 0.05) is 5.69 Å². The molecule has 1 rings (SSSR count). The summed E-state index contributed by atoms with van der Waals surface area (Å²) in [6, 6.07) is 5.66. The number of nitrogens with one attached hydrogen (secondary N) is 1. The number of methoxy groups -OCH3 is 1. The zero-order chi connectivity index (χ0) is 12.1. The molecule has 0 saturated heterocycles. The minimum atomic E-state index is -1.57. The van der Waals surface area contributed by atoms with Crippen molar-refractivity contribution in [1.29, 1.82) is 0 Å². The Balaban J connectivity index is 2.76. The van der Waals surface area contributed by atoms with Crippen molar-refractivity contribution in [1.82, 2.24) is 0 Å². The Kier molecular flexibility index (Phi) is 3.60. The van der Waals surface area contributed by atoms with Gasteiger partial charge >= 0.3 is 17.8 Å². The largest absolute Gasteiger partial charge is 0.474 e. The lowest BCUT2D eigenvalue weighted by atomic mass is 10.2. The lowest BCUT2D eigenvalue weighted by molar-refractivity contribution is -0.147. The quantitative estimate of drug-likeness (QED) is 0.562. The van der Waals surface area contributed by atoms with Crippen molar-refractivity contribution in [2.45, 2.75) is 0 Å². The number of amides is 1. The topological polar surface area (TPSA) is 92.7 Å². The molecule has 0 aliphatic carbocycles. The van der Waals surface area contributed by atoms with E-state index < -0.39 is 17.8 Å². The number of hydrogen-bond acceptors (Lipinski definition) is 4. The second kappa shape index (κ2) is 4.92. The summed E-state index contributed by atoms with van der Waals surface area (Å²) in [6.07, 6.45) is 0. The molecule has 6 heteroatoms. The Hall–Kier alpha value is -2.37. The highest BCUT2D eigenvalue weighted by Gasteiger charge is 2.11. The molecule has 6 nitrogen and oxygen atoms in total. The molecule has 16 heavy (non-hydrogen) atoms. The molecule has 0 saturated carbocycles. The number of rotatable bonds is 2. The van der Waals surface area contributed by atoms with Gasteiger partial charge in [0.05, 0.1) is 12.7 Å². The SMILES string of the molecule is COC(=O)c1ccc(NC(=O)C(=O)O)cc1. The summed E-state index contributed by atoms with van der Waals surface area (Å²) in [5.41, 5.74) is 0.607. The van der Waals surface area contributed by atoms with Crippen LogP contribution in [-0.4, -0.2) is 30.1 Å². The molecule has 1 amide bonds. The van der Waals surface area contributed by atoms with E-state index in [0.29, 0.717) is 11.3 Å². The van der Waals surface area contributed by atoms with E-state index in [1.54, 1.807) is 0 Å². The third-order valence-corrected chi connectivity index (χ3v) is 1.76. The second-order valence-corrected chi connectivity index (χ2v) is 2.83. The van der Waals surface area contributed by atoms with Gasteiger partial charge in [-0.15, -0.1) is 0 Å². The zero-order valence-electron chi connectivity index (χ0n) is 8.39. The summed E-state index contributed by atoms with van der Waals surface area (Å²) in [5.74, 6) is -3.21. The average molecular weight is 223 g/mol. The number of hydrogen-bond donors (Lipinski definition) is 2. The number of esters is 1. The van der Waals surface area contributed by atoms with Crippen LogP contribution in [0.1, 0.15) is 10.4 Å². The third-order valence-electron chi connectivity index (χ3n) is 1.76. The van der Waals surface area contributed by atoms with E-state index in [2.05, 4.69) is 10.1 Å². The smallest absolute Gasteiger partial charge is 0.394 e. The van der Waals surface area contributed by atoms with Crippen LogP contribution in [0.3, 0.4) is 0 Å². The summed E-state index contributed by atoms with van der Waals surface area (Å²) in [4.78, 5) is 32.1. The highest BCUT2D eigenvalue weighted by atomic mass is 16.5. The molecule has 2 N–H and O–H groups in total. The van der Waals surface area contributed by atoms with E-state index >= 15 is 0 Å². The Bertz CT molecular complexity index is 423. The predicted molar refractivity (Wildman–Crippen MR) is 54.0 cm³/mol. The van der Waals surface area contributed by atoms with Gasteiger partial charge in [-0.2, -0.15) is 0 Å². The average Bonchev–Trinajstić information content (AvgIpc) is 2.28. The Labute approximate surface area is 90.8 Å². The van der Waals surface area contributed by atoms with Crippen LogP contribution in [0.15, 0.2) is 24.3 Å². The van der Waals surface area contributed by atoms with Crippen LogP contribution in [0, 0.1) is 0 Å². The van der Waals surface area contributed by atoms with E-state index in [1.807, 2.05) is 0 Å². The molecule has 1 aromatic carbocycles. The highest BCUT2D eigenvalue weighted by Crippen LogP contribution is 2.10. The van der Waals surface area contributed by atoms with Gasteiger partial charge in [0.1, 0.15) is 0 Å². The van der Waals surface area contributed by atoms with Gasteiger partial charge < -0.3 is 15.2 Å². The van der Waals surface area contributed by atoms with Gasteiger partial charge in [-0.05, 0) is 24.3 Å². The minimum Gasteiger partial charge on any atom is -0.474 e. The molecule has 0 radical (unpaired) electrons. The molecule has 0 aliphatic heterocycles. The molecule has 0 spiro atoms. The van der Waals surface area contributed by atoms with Gasteiger partial charge in [-0.3, -0.25) is 4.79 Å². The fraction of sp³-hybridized carbons (Fsp3) is 0.100. The van der Waals surface area contributed by atoms with Crippen LogP contribution in [0.2, 0.25) is 0 Å². The summed E-state index contributed by atoms with van der Waals surface area (Å²) in [7, 11) is 1.25. The van der Waals surface area contributed by atoms with Gasteiger partial charge in [-0.1, -0.05) is 0 Å². The maximum Gasteiger partial charge on any atom is 0.394 e. The standard InChI is InChI=1S/C10H9NO5/c1-16-10(15)6-2-4-7(5-3-6)11-8(12)9(13)14/h2-5H,1H3,(H,11,12)(H,13,14). The van der Waals surface area contributed by atoms with Crippen LogP contribution in [-0.2, 0) is 14.3 Å². The van der Waals surface area contributed by atoms with Gasteiger partial charge in [0.25, 0.3) is 0 Å². The molecule has 0 fully saturated rings. The van der Waals surface area contributed by atoms with Gasteiger partial charge in [-0.25, -0.2) is 9.59 Å².